The van der Waals surface area contributed by atoms with E-state index in [0.29, 0.717) is 11.4 Å². The summed E-state index contributed by atoms with van der Waals surface area (Å²) in [6, 6.07) is 14.5. The Hall–Kier alpha value is -2.52. The molecule has 0 aliphatic heterocycles. The van der Waals surface area contributed by atoms with Crippen LogP contribution in [0.25, 0.3) is 0 Å². The Morgan fingerprint density at radius 3 is 1.56 bits per heavy atom. The number of nitro groups is 1. The number of hydrogen-bond donors (Lipinski definition) is 2. The Balaban J connectivity index is 1.94. The van der Waals surface area contributed by atoms with Crippen molar-refractivity contribution in [3.8, 4) is 0 Å². The summed E-state index contributed by atoms with van der Waals surface area (Å²) in [6.07, 6.45) is 1.27. The molecule has 0 amide bonds. The van der Waals surface area contributed by atoms with Crippen molar-refractivity contribution >= 4 is 60.6 Å². The van der Waals surface area contributed by atoms with E-state index in [9.17, 15) is 10.1 Å². The molecular weight excluding hydrogens is 454 g/mol. The van der Waals surface area contributed by atoms with Crippen LogP contribution in [0.1, 0.15) is 0 Å². The van der Waals surface area contributed by atoms with E-state index in [0.717, 1.165) is 8.95 Å². The van der Waals surface area contributed by atoms with Crippen LogP contribution in [-0.2, 0) is 0 Å². The molecule has 9 heteroatoms. The summed E-state index contributed by atoms with van der Waals surface area (Å²) < 4.78 is 1.82. The number of hydrogen-bond acceptors (Lipinski definition) is 6. The zero-order valence-corrected chi connectivity index (χ0v) is 15.8. The van der Waals surface area contributed by atoms with E-state index in [1.807, 2.05) is 24.3 Å². The molecule has 0 fully saturated rings. The molecule has 1 heterocycles. The van der Waals surface area contributed by atoms with Gasteiger partial charge in [0.1, 0.15) is 6.33 Å². The van der Waals surface area contributed by atoms with Crippen LogP contribution in [0.3, 0.4) is 0 Å². The quantitative estimate of drug-likeness (QED) is 0.388. The van der Waals surface area contributed by atoms with Crippen LogP contribution >= 0.6 is 31.9 Å². The highest BCUT2D eigenvalue weighted by molar-refractivity contribution is 9.10. The van der Waals surface area contributed by atoms with E-state index in [4.69, 9.17) is 0 Å². The Bertz CT molecular complexity index is 836. The fourth-order valence-corrected chi connectivity index (χ4v) is 2.60. The molecule has 0 aliphatic rings. The third-order valence-corrected chi connectivity index (χ3v) is 4.28. The maximum Gasteiger partial charge on any atom is 0.353 e. The second kappa shape index (κ2) is 7.58. The van der Waals surface area contributed by atoms with Crippen LogP contribution < -0.4 is 10.6 Å². The lowest BCUT2D eigenvalue weighted by atomic mass is 10.3. The monoisotopic (exact) mass is 463 g/mol. The van der Waals surface area contributed by atoms with Gasteiger partial charge in [-0.05, 0) is 48.5 Å². The smallest absolute Gasteiger partial charge is 0.334 e. The number of halogens is 2. The highest BCUT2D eigenvalue weighted by Crippen LogP contribution is 2.33. The van der Waals surface area contributed by atoms with Gasteiger partial charge in [-0.1, -0.05) is 31.9 Å². The predicted molar refractivity (Wildman–Crippen MR) is 104 cm³/mol. The molecule has 3 aromatic rings. The molecule has 3 rings (SSSR count). The number of aromatic nitrogens is 2. The molecule has 0 spiro atoms. The number of benzene rings is 2. The van der Waals surface area contributed by atoms with Crippen LogP contribution in [-0.4, -0.2) is 14.9 Å². The van der Waals surface area contributed by atoms with Crippen molar-refractivity contribution in [2.75, 3.05) is 10.6 Å². The van der Waals surface area contributed by atoms with Crippen molar-refractivity contribution in [3.05, 3.63) is 73.9 Å². The summed E-state index contributed by atoms with van der Waals surface area (Å²) in [4.78, 5) is 19.1. The van der Waals surface area contributed by atoms with Crippen LogP contribution in [0.15, 0.2) is 63.8 Å². The topological polar surface area (TPSA) is 93.0 Å². The SMILES string of the molecule is O=[N+]([O-])c1c(Nc2ccc(Br)cc2)ncnc1Nc1ccc(Br)cc1. The lowest BCUT2D eigenvalue weighted by molar-refractivity contribution is -0.383. The lowest BCUT2D eigenvalue weighted by Gasteiger charge is -2.10. The molecule has 0 saturated heterocycles. The number of anilines is 4. The molecule has 2 aromatic carbocycles. The van der Waals surface area contributed by atoms with Crippen LogP contribution in [0.2, 0.25) is 0 Å². The molecule has 0 saturated carbocycles. The summed E-state index contributed by atoms with van der Waals surface area (Å²) in [5.41, 5.74) is 1.13. The minimum absolute atomic E-state index is 0.113. The van der Waals surface area contributed by atoms with Gasteiger partial charge in [0.2, 0.25) is 11.6 Å². The molecule has 0 bridgehead atoms. The third-order valence-electron chi connectivity index (χ3n) is 3.22. The van der Waals surface area contributed by atoms with Gasteiger partial charge in [-0.3, -0.25) is 10.1 Å². The molecule has 2 N–H and O–H groups in total. The molecular formula is C16H11Br2N5O2. The van der Waals surface area contributed by atoms with Gasteiger partial charge < -0.3 is 10.6 Å². The minimum atomic E-state index is -0.512. The Morgan fingerprint density at radius 2 is 1.20 bits per heavy atom. The summed E-state index contributed by atoms with van der Waals surface area (Å²) in [7, 11) is 0. The fraction of sp³-hybridized carbons (Fsp3) is 0. The molecule has 126 valence electrons. The molecule has 0 aliphatic carbocycles. The van der Waals surface area contributed by atoms with Crippen molar-refractivity contribution < 1.29 is 4.92 Å². The first-order chi connectivity index (χ1) is 12.0. The zero-order chi connectivity index (χ0) is 17.8. The Morgan fingerprint density at radius 1 is 0.800 bits per heavy atom. The van der Waals surface area contributed by atoms with Gasteiger partial charge in [0.05, 0.1) is 4.92 Å². The minimum Gasteiger partial charge on any atom is -0.334 e. The average molecular weight is 465 g/mol. The highest BCUT2D eigenvalue weighted by atomic mass is 79.9. The Labute approximate surface area is 159 Å². The highest BCUT2D eigenvalue weighted by Gasteiger charge is 2.23. The third kappa shape index (κ3) is 4.31. The van der Waals surface area contributed by atoms with E-state index in [2.05, 4.69) is 52.5 Å². The largest absolute Gasteiger partial charge is 0.353 e. The van der Waals surface area contributed by atoms with Crippen molar-refractivity contribution in [1.82, 2.24) is 9.97 Å². The summed E-state index contributed by atoms with van der Waals surface area (Å²) in [6.45, 7) is 0. The van der Waals surface area contributed by atoms with Crippen LogP contribution in [0, 0.1) is 10.1 Å². The summed E-state index contributed by atoms with van der Waals surface area (Å²) >= 11 is 6.69. The first-order valence-electron chi connectivity index (χ1n) is 7.07. The van der Waals surface area contributed by atoms with Crippen LogP contribution in [0.4, 0.5) is 28.7 Å². The van der Waals surface area contributed by atoms with Gasteiger partial charge >= 0.3 is 5.69 Å². The predicted octanol–water partition coefficient (Wildman–Crippen LogP) is 5.40. The summed E-state index contributed by atoms with van der Waals surface area (Å²) in [5, 5.41) is 17.5. The van der Waals surface area contributed by atoms with Gasteiger partial charge in [-0.15, -0.1) is 0 Å². The van der Waals surface area contributed by atoms with Crippen molar-refractivity contribution in [2.24, 2.45) is 0 Å². The van der Waals surface area contributed by atoms with E-state index in [-0.39, 0.29) is 17.3 Å². The van der Waals surface area contributed by atoms with Crippen molar-refractivity contribution in [1.29, 1.82) is 0 Å². The van der Waals surface area contributed by atoms with Gasteiger partial charge in [0.15, 0.2) is 0 Å². The zero-order valence-electron chi connectivity index (χ0n) is 12.6. The average Bonchev–Trinajstić information content (AvgIpc) is 2.59. The number of nitrogens with zero attached hydrogens (tertiary/aromatic N) is 3. The second-order valence-electron chi connectivity index (χ2n) is 4.94. The maximum atomic E-state index is 11.6. The molecule has 7 nitrogen and oxygen atoms in total. The van der Waals surface area contributed by atoms with Gasteiger partial charge in [0.25, 0.3) is 0 Å². The maximum absolute atomic E-state index is 11.6. The van der Waals surface area contributed by atoms with Crippen molar-refractivity contribution in [3.63, 3.8) is 0 Å². The lowest BCUT2D eigenvalue weighted by Crippen LogP contribution is -2.05. The standard InChI is InChI=1S/C16H11Br2N5O2/c17-10-1-5-12(6-2-10)21-15-14(23(24)25)16(20-9-19-15)22-13-7-3-11(18)4-8-13/h1-9H,(H2,19,20,21,22). The van der Waals surface area contributed by atoms with E-state index in [1.54, 1.807) is 24.3 Å². The first-order valence-corrected chi connectivity index (χ1v) is 8.66. The molecule has 0 unspecified atom stereocenters. The van der Waals surface area contributed by atoms with E-state index >= 15 is 0 Å². The number of rotatable bonds is 5. The first kappa shape index (κ1) is 17.3. The second-order valence-corrected chi connectivity index (χ2v) is 6.77. The molecule has 1 aromatic heterocycles. The molecule has 25 heavy (non-hydrogen) atoms. The van der Waals surface area contributed by atoms with Crippen molar-refractivity contribution in [2.45, 2.75) is 0 Å². The van der Waals surface area contributed by atoms with Gasteiger partial charge in [-0.2, -0.15) is 0 Å². The van der Waals surface area contributed by atoms with Crippen LogP contribution in [0.5, 0.6) is 0 Å². The molecule has 0 atom stereocenters. The van der Waals surface area contributed by atoms with Gasteiger partial charge in [0, 0.05) is 20.3 Å². The fourth-order valence-electron chi connectivity index (χ4n) is 2.07. The van der Waals surface area contributed by atoms with Gasteiger partial charge in [-0.25, -0.2) is 9.97 Å². The number of nitrogens with one attached hydrogen (secondary N) is 2. The molecule has 0 radical (unpaired) electrons. The summed E-state index contributed by atoms with van der Waals surface area (Å²) in [5.74, 6) is 0.226. The Kier molecular flexibility index (Phi) is 5.25. The van der Waals surface area contributed by atoms with E-state index < -0.39 is 4.92 Å². The normalized spacial score (nSPS) is 10.3. The van der Waals surface area contributed by atoms with E-state index in [1.165, 1.54) is 6.33 Å².